The molecule has 7 heteroatoms. The highest BCUT2D eigenvalue weighted by Crippen LogP contribution is 2.17. The van der Waals surface area contributed by atoms with Crippen molar-refractivity contribution in [3.05, 3.63) is 41.6 Å². The van der Waals surface area contributed by atoms with E-state index in [-0.39, 0.29) is 17.3 Å². The molecular weight excluding hydrogens is 288 g/mol. The standard InChI is InChI=1S/C14H20N4O2S/c1-3-11-7-5-6-8-12(11)9-16-21(19,20)13-10-18(4-2)17-14(13)15/h5-8,10,16H,3-4,9H2,1-2H3,(H2,15,17). The number of aromatic nitrogens is 2. The van der Waals surface area contributed by atoms with Crippen LogP contribution in [0.5, 0.6) is 0 Å². The molecule has 3 N–H and O–H groups in total. The average molecular weight is 308 g/mol. The summed E-state index contributed by atoms with van der Waals surface area (Å²) in [6.45, 7) is 4.71. The van der Waals surface area contributed by atoms with E-state index in [2.05, 4.69) is 9.82 Å². The Kier molecular flexibility index (Phi) is 4.64. The van der Waals surface area contributed by atoms with Gasteiger partial charge in [0.15, 0.2) is 5.82 Å². The molecule has 2 rings (SSSR count). The molecule has 0 fully saturated rings. The number of nitrogen functional groups attached to an aromatic ring is 1. The second-order valence-corrected chi connectivity index (χ2v) is 6.42. The molecule has 1 aromatic heterocycles. The van der Waals surface area contributed by atoms with E-state index in [0.717, 1.165) is 17.5 Å². The van der Waals surface area contributed by atoms with Crippen LogP contribution < -0.4 is 10.5 Å². The molecule has 2 aromatic rings. The van der Waals surface area contributed by atoms with Crippen molar-refractivity contribution in [2.24, 2.45) is 0 Å². The number of hydrogen-bond acceptors (Lipinski definition) is 4. The van der Waals surface area contributed by atoms with Crippen LogP contribution in [-0.4, -0.2) is 18.2 Å². The van der Waals surface area contributed by atoms with Crippen molar-refractivity contribution in [3.63, 3.8) is 0 Å². The van der Waals surface area contributed by atoms with Gasteiger partial charge in [0, 0.05) is 19.3 Å². The minimum absolute atomic E-state index is 0.0214. The molecule has 0 saturated heterocycles. The van der Waals surface area contributed by atoms with Gasteiger partial charge in [0.1, 0.15) is 4.90 Å². The van der Waals surface area contributed by atoms with Crippen molar-refractivity contribution in [1.29, 1.82) is 0 Å². The molecule has 0 spiro atoms. The molecule has 0 radical (unpaired) electrons. The predicted octanol–water partition coefficient (Wildman–Crippen LogP) is 1.53. The first-order valence-electron chi connectivity index (χ1n) is 6.87. The maximum atomic E-state index is 12.3. The maximum absolute atomic E-state index is 12.3. The van der Waals surface area contributed by atoms with Crippen molar-refractivity contribution in [2.75, 3.05) is 5.73 Å². The van der Waals surface area contributed by atoms with Gasteiger partial charge >= 0.3 is 0 Å². The Morgan fingerprint density at radius 3 is 2.48 bits per heavy atom. The molecule has 0 aliphatic rings. The molecule has 114 valence electrons. The van der Waals surface area contributed by atoms with E-state index in [1.165, 1.54) is 10.9 Å². The predicted molar refractivity (Wildman–Crippen MR) is 82.2 cm³/mol. The molecule has 6 nitrogen and oxygen atoms in total. The summed E-state index contributed by atoms with van der Waals surface area (Å²) < 4.78 is 28.7. The summed E-state index contributed by atoms with van der Waals surface area (Å²) in [7, 11) is -3.66. The van der Waals surface area contributed by atoms with Gasteiger partial charge in [-0.3, -0.25) is 4.68 Å². The van der Waals surface area contributed by atoms with E-state index in [0.29, 0.717) is 6.54 Å². The van der Waals surface area contributed by atoms with Gasteiger partial charge < -0.3 is 5.73 Å². The van der Waals surface area contributed by atoms with E-state index in [4.69, 9.17) is 5.73 Å². The summed E-state index contributed by atoms with van der Waals surface area (Å²) >= 11 is 0. The molecule has 1 aromatic carbocycles. The number of hydrogen-bond donors (Lipinski definition) is 2. The SMILES string of the molecule is CCc1ccccc1CNS(=O)(=O)c1cn(CC)nc1N. The number of sulfonamides is 1. The molecule has 0 aliphatic carbocycles. The molecular formula is C14H20N4O2S. The zero-order valence-corrected chi connectivity index (χ0v) is 13.0. The Bertz CT molecular complexity index is 722. The zero-order chi connectivity index (χ0) is 15.5. The van der Waals surface area contributed by atoms with Crippen molar-refractivity contribution in [3.8, 4) is 0 Å². The normalized spacial score (nSPS) is 11.7. The third-order valence-corrected chi connectivity index (χ3v) is 4.74. The lowest BCUT2D eigenvalue weighted by atomic mass is 10.1. The summed E-state index contributed by atoms with van der Waals surface area (Å²) in [6, 6.07) is 7.75. The van der Waals surface area contributed by atoms with Crippen LogP contribution in [-0.2, 0) is 29.5 Å². The van der Waals surface area contributed by atoms with Crippen LogP contribution in [0.2, 0.25) is 0 Å². The number of anilines is 1. The van der Waals surface area contributed by atoms with Gasteiger partial charge in [0.2, 0.25) is 10.0 Å². The summed E-state index contributed by atoms with van der Waals surface area (Å²) in [5, 5.41) is 3.96. The van der Waals surface area contributed by atoms with Crippen LogP contribution in [0.3, 0.4) is 0 Å². The second-order valence-electron chi connectivity index (χ2n) is 4.68. The average Bonchev–Trinajstić information content (AvgIpc) is 2.87. The van der Waals surface area contributed by atoms with Gasteiger partial charge in [-0.25, -0.2) is 13.1 Å². The van der Waals surface area contributed by atoms with Gasteiger partial charge in [0.05, 0.1) is 0 Å². The van der Waals surface area contributed by atoms with Crippen LogP contribution in [0.4, 0.5) is 5.82 Å². The first-order valence-corrected chi connectivity index (χ1v) is 8.35. The number of rotatable bonds is 6. The van der Waals surface area contributed by atoms with E-state index in [9.17, 15) is 8.42 Å². The Balaban J connectivity index is 2.20. The smallest absolute Gasteiger partial charge is 0.246 e. The van der Waals surface area contributed by atoms with Crippen LogP contribution >= 0.6 is 0 Å². The summed E-state index contributed by atoms with van der Waals surface area (Å²) in [4.78, 5) is 0.0262. The van der Waals surface area contributed by atoms with Gasteiger partial charge in [0.25, 0.3) is 0 Å². The Morgan fingerprint density at radius 1 is 1.24 bits per heavy atom. The molecule has 1 heterocycles. The minimum Gasteiger partial charge on any atom is -0.381 e. The topological polar surface area (TPSA) is 90.0 Å². The van der Waals surface area contributed by atoms with Gasteiger partial charge in [-0.05, 0) is 24.5 Å². The molecule has 0 bridgehead atoms. The quantitative estimate of drug-likeness (QED) is 0.846. The van der Waals surface area contributed by atoms with Crippen molar-refractivity contribution >= 4 is 15.8 Å². The number of nitrogens with two attached hydrogens (primary N) is 1. The highest BCUT2D eigenvalue weighted by Gasteiger charge is 2.20. The fourth-order valence-electron chi connectivity index (χ4n) is 2.11. The summed E-state index contributed by atoms with van der Waals surface area (Å²) in [6.07, 6.45) is 2.30. The monoisotopic (exact) mass is 308 g/mol. The van der Waals surface area contributed by atoms with Gasteiger partial charge in [-0.1, -0.05) is 31.2 Å². The Labute approximate surface area is 125 Å². The van der Waals surface area contributed by atoms with Crippen LogP contribution in [0.1, 0.15) is 25.0 Å². The third-order valence-electron chi connectivity index (χ3n) is 3.32. The lowest BCUT2D eigenvalue weighted by molar-refractivity contribution is 0.581. The van der Waals surface area contributed by atoms with E-state index < -0.39 is 10.0 Å². The zero-order valence-electron chi connectivity index (χ0n) is 12.2. The fraction of sp³-hybridized carbons (Fsp3) is 0.357. The largest absolute Gasteiger partial charge is 0.381 e. The number of nitrogens with zero attached hydrogens (tertiary/aromatic N) is 2. The van der Waals surface area contributed by atoms with E-state index in [1.54, 1.807) is 0 Å². The summed E-state index contributed by atoms with van der Waals surface area (Å²) in [5.74, 6) is 0.0214. The molecule has 0 saturated carbocycles. The Morgan fingerprint density at radius 2 is 1.90 bits per heavy atom. The number of nitrogens with one attached hydrogen (secondary N) is 1. The Hall–Kier alpha value is -1.86. The number of aryl methyl sites for hydroxylation is 2. The summed E-state index contributed by atoms with van der Waals surface area (Å²) in [5.41, 5.74) is 7.76. The van der Waals surface area contributed by atoms with Gasteiger partial charge in [-0.2, -0.15) is 5.10 Å². The van der Waals surface area contributed by atoms with Crippen molar-refractivity contribution in [2.45, 2.75) is 38.3 Å². The minimum atomic E-state index is -3.66. The number of benzene rings is 1. The maximum Gasteiger partial charge on any atom is 0.246 e. The first-order chi connectivity index (χ1) is 9.97. The highest BCUT2D eigenvalue weighted by atomic mass is 32.2. The van der Waals surface area contributed by atoms with Crippen LogP contribution in [0, 0.1) is 0 Å². The van der Waals surface area contributed by atoms with Crippen molar-refractivity contribution in [1.82, 2.24) is 14.5 Å². The highest BCUT2D eigenvalue weighted by molar-refractivity contribution is 7.89. The van der Waals surface area contributed by atoms with Crippen LogP contribution in [0.15, 0.2) is 35.4 Å². The first kappa shape index (κ1) is 15.5. The lowest BCUT2D eigenvalue weighted by Crippen LogP contribution is -2.24. The van der Waals surface area contributed by atoms with Crippen molar-refractivity contribution < 1.29 is 8.42 Å². The molecule has 21 heavy (non-hydrogen) atoms. The molecule has 0 amide bonds. The fourth-order valence-corrected chi connectivity index (χ4v) is 3.19. The lowest BCUT2D eigenvalue weighted by Gasteiger charge is -2.09. The van der Waals surface area contributed by atoms with E-state index in [1.807, 2.05) is 38.1 Å². The third kappa shape index (κ3) is 3.43. The molecule has 0 atom stereocenters. The second kappa shape index (κ2) is 6.28. The van der Waals surface area contributed by atoms with Gasteiger partial charge in [-0.15, -0.1) is 0 Å². The van der Waals surface area contributed by atoms with E-state index >= 15 is 0 Å². The molecule has 0 unspecified atom stereocenters. The van der Waals surface area contributed by atoms with Crippen LogP contribution in [0.25, 0.3) is 0 Å². The molecule has 0 aliphatic heterocycles.